The average Bonchev–Trinajstić information content (AvgIpc) is 2.34. The van der Waals surface area contributed by atoms with Gasteiger partial charge in [-0.15, -0.1) is 0 Å². The summed E-state index contributed by atoms with van der Waals surface area (Å²) in [7, 11) is 0. The molecule has 0 radical (unpaired) electrons. The molecule has 4 heteroatoms. The predicted molar refractivity (Wildman–Crippen MR) is 77.6 cm³/mol. The van der Waals surface area contributed by atoms with E-state index in [1.54, 1.807) is 19.1 Å². The molecule has 0 heterocycles. The fourth-order valence-electron chi connectivity index (χ4n) is 1.58. The van der Waals surface area contributed by atoms with E-state index in [1.807, 2.05) is 24.3 Å². The SMILES string of the molecule is Cc1ccc(CNc2cc(Cl)ccc2Br)cc1F. The second-order valence-electron chi connectivity index (χ2n) is 4.06. The Morgan fingerprint density at radius 2 is 2.00 bits per heavy atom. The van der Waals surface area contributed by atoms with Gasteiger partial charge in [-0.2, -0.15) is 0 Å². The van der Waals surface area contributed by atoms with E-state index in [0.717, 1.165) is 15.7 Å². The van der Waals surface area contributed by atoms with Crippen LogP contribution in [0.3, 0.4) is 0 Å². The molecule has 1 nitrogen and oxygen atoms in total. The summed E-state index contributed by atoms with van der Waals surface area (Å²) >= 11 is 9.36. The van der Waals surface area contributed by atoms with Crippen molar-refractivity contribution >= 4 is 33.2 Å². The first kappa shape index (κ1) is 13.4. The van der Waals surface area contributed by atoms with Crippen LogP contribution < -0.4 is 5.32 Å². The minimum absolute atomic E-state index is 0.181. The highest BCUT2D eigenvalue weighted by Gasteiger charge is 2.02. The Labute approximate surface area is 119 Å². The van der Waals surface area contributed by atoms with Crippen molar-refractivity contribution in [3.05, 3.63) is 62.8 Å². The smallest absolute Gasteiger partial charge is 0.126 e. The lowest BCUT2D eigenvalue weighted by molar-refractivity contribution is 0.616. The Hall–Kier alpha value is -1.06. The van der Waals surface area contributed by atoms with Crippen molar-refractivity contribution in [2.45, 2.75) is 13.5 Å². The van der Waals surface area contributed by atoms with Crippen LogP contribution in [0.2, 0.25) is 5.02 Å². The number of rotatable bonds is 3. The van der Waals surface area contributed by atoms with Crippen LogP contribution in [0.1, 0.15) is 11.1 Å². The van der Waals surface area contributed by atoms with E-state index in [1.165, 1.54) is 0 Å². The molecule has 0 aliphatic carbocycles. The summed E-state index contributed by atoms with van der Waals surface area (Å²) in [4.78, 5) is 0. The summed E-state index contributed by atoms with van der Waals surface area (Å²) in [5.41, 5.74) is 2.44. The van der Waals surface area contributed by atoms with E-state index >= 15 is 0 Å². The van der Waals surface area contributed by atoms with Gasteiger partial charge >= 0.3 is 0 Å². The Morgan fingerprint density at radius 1 is 1.22 bits per heavy atom. The van der Waals surface area contributed by atoms with Gasteiger partial charge in [0, 0.05) is 16.0 Å². The highest BCUT2D eigenvalue weighted by Crippen LogP contribution is 2.26. The van der Waals surface area contributed by atoms with Gasteiger partial charge in [0.15, 0.2) is 0 Å². The van der Waals surface area contributed by atoms with Crippen molar-refractivity contribution in [1.82, 2.24) is 0 Å². The molecular weight excluding hydrogens is 317 g/mol. The Morgan fingerprint density at radius 3 is 2.72 bits per heavy atom. The van der Waals surface area contributed by atoms with Gasteiger partial charge in [-0.25, -0.2) is 4.39 Å². The number of hydrogen-bond donors (Lipinski definition) is 1. The molecular formula is C14H12BrClFN. The van der Waals surface area contributed by atoms with Crippen molar-refractivity contribution in [2.75, 3.05) is 5.32 Å². The summed E-state index contributed by atoms with van der Waals surface area (Å²) < 4.78 is 14.3. The molecule has 1 N–H and O–H groups in total. The van der Waals surface area contributed by atoms with E-state index in [4.69, 9.17) is 11.6 Å². The fourth-order valence-corrected chi connectivity index (χ4v) is 2.14. The van der Waals surface area contributed by atoms with Crippen LogP contribution in [-0.4, -0.2) is 0 Å². The lowest BCUT2D eigenvalue weighted by Gasteiger charge is -2.09. The molecule has 0 saturated carbocycles. The van der Waals surface area contributed by atoms with Crippen molar-refractivity contribution in [3.63, 3.8) is 0 Å². The Kier molecular flexibility index (Phi) is 4.25. The first-order valence-corrected chi connectivity index (χ1v) is 6.67. The third-order valence-electron chi connectivity index (χ3n) is 2.65. The maximum atomic E-state index is 13.4. The first-order valence-electron chi connectivity index (χ1n) is 5.50. The van der Waals surface area contributed by atoms with E-state index in [2.05, 4.69) is 21.2 Å². The van der Waals surface area contributed by atoms with Crippen molar-refractivity contribution in [3.8, 4) is 0 Å². The summed E-state index contributed by atoms with van der Waals surface area (Å²) in [6.45, 7) is 2.30. The van der Waals surface area contributed by atoms with Gasteiger partial charge in [-0.1, -0.05) is 23.7 Å². The van der Waals surface area contributed by atoms with Crippen LogP contribution in [0, 0.1) is 12.7 Å². The highest BCUT2D eigenvalue weighted by atomic mass is 79.9. The van der Waals surface area contributed by atoms with Gasteiger partial charge in [0.2, 0.25) is 0 Å². The highest BCUT2D eigenvalue weighted by molar-refractivity contribution is 9.10. The van der Waals surface area contributed by atoms with Crippen LogP contribution in [-0.2, 0) is 6.54 Å². The van der Waals surface area contributed by atoms with E-state index in [0.29, 0.717) is 17.1 Å². The molecule has 2 aromatic rings. The monoisotopic (exact) mass is 327 g/mol. The molecule has 0 spiro atoms. The van der Waals surface area contributed by atoms with Gasteiger partial charge in [0.1, 0.15) is 5.82 Å². The summed E-state index contributed by atoms with van der Waals surface area (Å²) in [6, 6.07) is 10.7. The summed E-state index contributed by atoms with van der Waals surface area (Å²) in [6.07, 6.45) is 0. The zero-order valence-corrected chi connectivity index (χ0v) is 12.1. The van der Waals surface area contributed by atoms with Gasteiger partial charge in [-0.3, -0.25) is 0 Å². The molecule has 0 unspecified atom stereocenters. The minimum atomic E-state index is -0.181. The van der Waals surface area contributed by atoms with Gasteiger partial charge in [0.25, 0.3) is 0 Å². The molecule has 0 fully saturated rings. The van der Waals surface area contributed by atoms with Crippen LogP contribution in [0.15, 0.2) is 40.9 Å². The molecule has 0 aromatic heterocycles. The standard InChI is InChI=1S/C14H12BrClFN/c1-9-2-3-10(6-13(9)17)8-18-14-7-11(16)4-5-12(14)15/h2-7,18H,8H2,1H3. The minimum Gasteiger partial charge on any atom is -0.380 e. The molecule has 0 amide bonds. The van der Waals surface area contributed by atoms with Crippen molar-refractivity contribution < 1.29 is 4.39 Å². The lowest BCUT2D eigenvalue weighted by atomic mass is 10.1. The Bertz CT molecular complexity index is 572. The predicted octanol–water partition coefficient (Wildman–Crippen LogP) is 5.16. The molecule has 0 aliphatic rings. The van der Waals surface area contributed by atoms with Crippen LogP contribution in [0.4, 0.5) is 10.1 Å². The lowest BCUT2D eigenvalue weighted by Crippen LogP contribution is -2.01. The topological polar surface area (TPSA) is 12.0 Å². The van der Waals surface area contributed by atoms with Crippen LogP contribution in [0.5, 0.6) is 0 Å². The number of hydrogen-bond acceptors (Lipinski definition) is 1. The van der Waals surface area contributed by atoms with Crippen LogP contribution >= 0.6 is 27.5 Å². The average molecular weight is 329 g/mol. The molecule has 2 rings (SSSR count). The second kappa shape index (κ2) is 5.72. The Balaban J connectivity index is 2.11. The maximum absolute atomic E-state index is 13.4. The number of anilines is 1. The number of halogens is 3. The van der Waals surface area contributed by atoms with Gasteiger partial charge in [0.05, 0.1) is 5.69 Å². The zero-order valence-electron chi connectivity index (χ0n) is 9.81. The summed E-state index contributed by atoms with van der Waals surface area (Å²) in [5, 5.41) is 3.88. The molecule has 94 valence electrons. The molecule has 2 aromatic carbocycles. The fraction of sp³-hybridized carbons (Fsp3) is 0.143. The molecule has 0 aliphatic heterocycles. The van der Waals surface area contributed by atoms with E-state index in [9.17, 15) is 4.39 Å². The second-order valence-corrected chi connectivity index (χ2v) is 5.35. The van der Waals surface area contributed by atoms with Gasteiger partial charge < -0.3 is 5.32 Å². The van der Waals surface area contributed by atoms with Gasteiger partial charge in [-0.05, 0) is 58.2 Å². The zero-order chi connectivity index (χ0) is 13.1. The molecule has 0 bridgehead atoms. The number of nitrogens with one attached hydrogen (secondary N) is 1. The number of aryl methyl sites for hydroxylation is 1. The third kappa shape index (κ3) is 3.24. The van der Waals surface area contributed by atoms with Crippen molar-refractivity contribution in [1.29, 1.82) is 0 Å². The number of benzene rings is 2. The van der Waals surface area contributed by atoms with E-state index < -0.39 is 0 Å². The molecule has 0 atom stereocenters. The summed E-state index contributed by atoms with van der Waals surface area (Å²) in [5.74, 6) is -0.181. The largest absolute Gasteiger partial charge is 0.380 e. The third-order valence-corrected chi connectivity index (χ3v) is 3.57. The van der Waals surface area contributed by atoms with Crippen molar-refractivity contribution in [2.24, 2.45) is 0 Å². The quantitative estimate of drug-likeness (QED) is 0.820. The molecule has 18 heavy (non-hydrogen) atoms. The van der Waals surface area contributed by atoms with E-state index in [-0.39, 0.29) is 5.82 Å². The normalized spacial score (nSPS) is 10.4. The molecule has 0 saturated heterocycles. The first-order chi connectivity index (χ1) is 8.56. The van der Waals surface area contributed by atoms with Crippen LogP contribution in [0.25, 0.3) is 0 Å². The maximum Gasteiger partial charge on any atom is 0.126 e.